The second-order valence-electron chi connectivity index (χ2n) is 9.32. The van der Waals surface area contributed by atoms with Gasteiger partial charge in [0.05, 0.1) is 13.2 Å². The minimum Gasteiger partial charge on any atom is -0.379 e. The van der Waals surface area contributed by atoms with Gasteiger partial charge in [0.2, 0.25) is 0 Å². The van der Waals surface area contributed by atoms with Gasteiger partial charge in [-0.3, -0.25) is 14.8 Å². The summed E-state index contributed by atoms with van der Waals surface area (Å²) in [4.78, 5) is 9.79. The number of rotatable bonds is 6. The highest BCUT2D eigenvalue weighted by Gasteiger charge is 2.40. The second kappa shape index (κ2) is 10.1. The van der Waals surface area contributed by atoms with Crippen molar-refractivity contribution in [1.82, 2.24) is 20.4 Å². The van der Waals surface area contributed by atoms with Crippen molar-refractivity contribution in [2.45, 2.75) is 76.3 Å². The molecule has 1 aromatic carbocycles. The molecule has 30 heavy (non-hydrogen) atoms. The Morgan fingerprint density at radius 1 is 1.20 bits per heavy atom. The molecule has 0 radical (unpaired) electrons. The number of piperidine rings is 1. The lowest BCUT2D eigenvalue weighted by Crippen LogP contribution is -2.55. The Balaban J connectivity index is 1.26. The van der Waals surface area contributed by atoms with Gasteiger partial charge in [0.1, 0.15) is 0 Å². The van der Waals surface area contributed by atoms with Crippen molar-refractivity contribution in [1.29, 1.82) is 0 Å². The highest BCUT2D eigenvalue weighted by Crippen LogP contribution is 2.36. The molecule has 0 spiro atoms. The monoisotopic (exact) mass is 413 g/mol. The number of guanidine groups is 1. The van der Waals surface area contributed by atoms with Crippen molar-refractivity contribution in [3.05, 3.63) is 35.9 Å². The van der Waals surface area contributed by atoms with Crippen LogP contribution in [0.1, 0.15) is 45.1 Å². The molecule has 3 aliphatic heterocycles. The Labute approximate surface area is 182 Å². The van der Waals surface area contributed by atoms with E-state index in [1.54, 1.807) is 0 Å². The fourth-order valence-electron chi connectivity index (χ4n) is 5.59. The lowest BCUT2D eigenvalue weighted by molar-refractivity contribution is -0.0174. The van der Waals surface area contributed by atoms with Crippen molar-refractivity contribution < 1.29 is 4.74 Å². The molecule has 3 aliphatic rings. The van der Waals surface area contributed by atoms with Crippen LogP contribution in [-0.4, -0.2) is 79.3 Å². The largest absolute Gasteiger partial charge is 0.379 e. The van der Waals surface area contributed by atoms with Gasteiger partial charge >= 0.3 is 0 Å². The zero-order valence-corrected chi connectivity index (χ0v) is 18.9. The summed E-state index contributed by atoms with van der Waals surface area (Å²) in [5.41, 5.74) is 1.43. The van der Waals surface area contributed by atoms with Crippen molar-refractivity contribution >= 4 is 5.96 Å². The molecule has 6 nitrogen and oxygen atoms in total. The first-order valence-corrected chi connectivity index (χ1v) is 11.7. The number of fused-ring (bicyclic) bond motifs is 2. The molecule has 0 amide bonds. The van der Waals surface area contributed by atoms with Gasteiger partial charge in [-0.05, 0) is 45.1 Å². The summed E-state index contributed by atoms with van der Waals surface area (Å²) in [6.45, 7) is 9.23. The molecule has 4 atom stereocenters. The fraction of sp³-hybridized carbons (Fsp3) is 0.708. The Morgan fingerprint density at radius 2 is 1.93 bits per heavy atom. The van der Waals surface area contributed by atoms with E-state index in [4.69, 9.17) is 4.74 Å². The Kier molecular flexibility index (Phi) is 7.28. The molecule has 166 valence electrons. The number of hydrogen-bond donors (Lipinski definition) is 2. The third-order valence-electron chi connectivity index (χ3n) is 7.21. The van der Waals surface area contributed by atoms with Gasteiger partial charge in [-0.15, -0.1) is 0 Å². The summed E-state index contributed by atoms with van der Waals surface area (Å²) in [5, 5.41) is 7.31. The molecule has 2 bridgehead atoms. The Bertz CT molecular complexity index is 682. The number of hydrogen-bond acceptors (Lipinski definition) is 4. The molecular weight excluding hydrogens is 374 g/mol. The lowest BCUT2D eigenvalue weighted by atomic mass is 9.96. The molecular formula is C24H39N5O. The third kappa shape index (κ3) is 5.16. The van der Waals surface area contributed by atoms with Crippen molar-refractivity contribution in [3.8, 4) is 0 Å². The SMILES string of the molecule is CN=C(NCC(C)N1CCOCC1C)NC1CC2CCC(C1)N2Cc1ccccc1. The quantitative estimate of drug-likeness (QED) is 0.554. The van der Waals surface area contributed by atoms with Gasteiger partial charge in [0.25, 0.3) is 0 Å². The van der Waals surface area contributed by atoms with Crippen LogP contribution in [-0.2, 0) is 11.3 Å². The maximum Gasteiger partial charge on any atom is 0.191 e. The van der Waals surface area contributed by atoms with Crippen LogP contribution in [0.25, 0.3) is 0 Å². The molecule has 3 fully saturated rings. The highest BCUT2D eigenvalue weighted by atomic mass is 16.5. The normalized spacial score (nSPS) is 31.5. The van der Waals surface area contributed by atoms with Crippen molar-refractivity contribution in [2.24, 2.45) is 4.99 Å². The van der Waals surface area contributed by atoms with E-state index in [0.717, 1.165) is 38.8 Å². The van der Waals surface area contributed by atoms with E-state index in [0.29, 0.717) is 30.2 Å². The van der Waals surface area contributed by atoms with Crippen LogP contribution in [0.4, 0.5) is 0 Å². The molecule has 6 heteroatoms. The lowest BCUT2D eigenvalue weighted by Gasteiger charge is -2.40. The highest BCUT2D eigenvalue weighted by molar-refractivity contribution is 5.80. The maximum absolute atomic E-state index is 5.58. The maximum atomic E-state index is 5.58. The van der Waals surface area contributed by atoms with Crippen LogP contribution < -0.4 is 10.6 Å². The summed E-state index contributed by atoms with van der Waals surface area (Å²) in [7, 11) is 1.89. The van der Waals surface area contributed by atoms with Gasteiger partial charge < -0.3 is 15.4 Å². The molecule has 1 aromatic rings. The zero-order valence-electron chi connectivity index (χ0n) is 18.9. The van der Waals surface area contributed by atoms with E-state index in [-0.39, 0.29) is 0 Å². The molecule has 3 heterocycles. The first-order chi connectivity index (χ1) is 14.6. The van der Waals surface area contributed by atoms with Crippen LogP contribution in [0, 0.1) is 0 Å². The first kappa shape index (κ1) is 21.6. The number of morpholine rings is 1. The standard InChI is InChI=1S/C24H39N5O/c1-18(28-11-12-30-17-19(28)2)15-26-24(25-3)27-21-13-22-9-10-23(14-21)29(22)16-20-7-5-4-6-8-20/h4-8,18-19,21-23H,9-17H2,1-3H3,(H2,25,26,27). The van der Waals surface area contributed by atoms with E-state index in [2.05, 4.69) is 69.6 Å². The van der Waals surface area contributed by atoms with E-state index in [1.165, 1.54) is 31.2 Å². The van der Waals surface area contributed by atoms with Crippen LogP contribution in [0.15, 0.2) is 35.3 Å². The zero-order chi connectivity index (χ0) is 20.9. The molecule has 4 rings (SSSR count). The fourth-order valence-corrected chi connectivity index (χ4v) is 5.59. The summed E-state index contributed by atoms with van der Waals surface area (Å²) in [6.07, 6.45) is 5.07. The minimum atomic E-state index is 0.464. The summed E-state index contributed by atoms with van der Waals surface area (Å²) < 4.78 is 5.58. The number of ether oxygens (including phenoxy) is 1. The predicted molar refractivity (Wildman–Crippen MR) is 123 cm³/mol. The molecule has 0 aliphatic carbocycles. The number of nitrogens with one attached hydrogen (secondary N) is 2. The van der Waals surface area contributed by atoms with Gasteiger partial charge in [-0.1, -0.05) is 30.3 Å². The summed E-state index contributed by atoms with van der Waals surface area (Å²) in [5.74, 6) is 0.948. The van der Waals surface area contributed by atoms with E-state index in [9.17, 15) is 0 Å². The number of nitrogens with zero attached hydrogens (tertiary/aromatic N) is 3. The third-order valence-corrected chi connectivity index (χ3v) is 7.21. The molecule has 0 aromatic heterocycles. The van der Waals surface area contributed by atoms with Gasteiger partial charge in [-0.25, -0.2) is 0 Å². The average molecular weight is 414 g/mol. The van der Waals surface area contributed by atoms with E-state index in [1.807, 2.05) is 7.05 Å². The van der Waals surface area contributed by atoms with Crippen molar-refractivity contribution in [2.75, 3.05) is 33.4 Å². The number of benzene rings is 1. The molecule has 2 N–H and O–H groups in total. The van der Waals surface area contributed by atoms with Gasteiger partial charge in [-0.2, -0.15) is 0 Å². The molecule has 4 unspecified atom stereocenters. The van der Waals surface area contributed by atoms with Crippen LogP contribution in [0.2, 0.25) is 0 Å². The van der Waals surface area contributed by atoms with Crippen molar-refractivity contribution in [3.63, 3.8) is 0 Å². The van der Waals surface area contributed by atoms with Crippen LogP contribution >= 0.6 is 0 Å². The van der Waals surface area contributed by atoms with Gasteiger partial charge in [0, 0.05) is 56.9 Å². The van der Waals surface area contributed by atoms with Crippen LogP contribution in [0.5, 0.6) is 0 Å². The van der Waals surface area contributed by atoms with Gasteiger partial charge in [0.15, 0.2) is 5.96 Å². The second-order valence-corrected chi connectivity index (χ2v) is 9.32. The smallest absolute Gasteiger partial charge is 0.191 e. The van der Waals surface area contributed by atoms with Crippen LogP contribution in [0.3, 0.4) is 0 Å². The molecule has 3 saturated heterocycles. The first-order valence-electron chi connectivity index (χ1n) is 11.7. The molecule has 0 saturated carbocycles. The summed E-state index contributed by atoms with van der Waals surface area (Å²) >= 11 is 0. The topological polar surface area (TPSA) is 52.1 Å². The Morgan fingerprint density at radius 3 is 2.60 bits per heavy atom. The Hall–Kier alpha value is -1.63. The predicted octanol–water partition coefficient (Wildman–Crippen LogP) is 2.46. The van der Waals surface area contributed by atoms with E-state index >= 15 is 0 Å². The average Bonchev–Trinajstić information content (AvgIpc) is 2.99. The van der Waals surface area contributed by atoms with E-state index < -0.39 is 0 Å². The number of aliphatic imine (C=N–C) groups is 1. The minimum absolute atomic E-state index is 0.464. The summed E-state index contributed by atoms with van der Waals surface area (Å²) in [6, 6.07) is 13.8.